The number of halogens is 1. The summed E-state index contributed by atoms with van der Waals surface area (Å²) in [5, 5.41) is 16.0. The zero-order valence-corrected chi connectivity index (χ0v) is 13.5. The maximum atomic E-state index is 11.7. The molecule has 24 heavy (non-hydrogen) atoms. The molecule has 2 aromatic rings. The standard InChI is InChI=1S/C16H16ClN3O4/c17-14-8-7-12(11-15(14)20(22)23)19-16(21)18-9-4-10-24-13-5-2-1-3-6-13/h1-3,5-8,11H,4,9-10H2,(H2,18,19,21). The highest BCUT2D eigenvalue weighted by Crippen LogP contribution is 2.27. The molecule has 0 aliphatic rings. The van der Waals surface area contributed by atoms with Crippen molar-refractivity contribution in [2.24, 2.45) is 0 Å². The Morgan fingerprint density at radius 2 is 1.96 bits per heavy atom. The number of carbonyl (C=O) groups is 1. The van der Waals surface area contributed by atoms with Gasteiger partial charge in [0.1, 0.15) is 10.8 Å². The number of amides is 2. The van der Waals surface area contributed by atoms with Crippen LogP contribution in [0.3, 0.4) is 0 Å². The number of rotatable bonds is 7. The van der Waals surface area contributed by atoms with Crippen molar-refractivity contribution in [3.05, 3.63) is 63.7 Å². The second kappa shape index (κ2) is 8.73. The van der Waals surface area contributed by atoms with Crippen LogP contribution >= 0.6 is 11.6 Å². The van der Waals surface area contributed by atoms with Crippen molar-refractivity contribution in [1.82, 2.24) is 5.32 Å². The zero-order valence-electron chi connectivity index (χ0n) is 12.7. The van der Waals surface area contributed by atoms with Crippen LogP contribution in [0.2, 0.25) is 5.02 Å². The van der Waals surface area contributed by atoms with Gasteiger partial charge in [-0.15, -0.1) is 0 Å². The van der Waals surface area contributed by atoms with Crippen molar-refractivity contribution >= 4 is 29.0 Å². The Hall–Kier alpha value is -2.80. The van der Waals surface area contributed by atoms with E-state index in [4.69, 9.17) is 16.3 Å². The molecule has 0 unspecified atom stereocenters. The number of urea groups is 1. The molecule has 126 valence electrons. The molecule has 0 heterocycles. The minimum Gasteiger partial charge on any atom is -0.494 e. The lowest BCUT2D eigenvalue weighted by Crippen LogP contribution is -2.30. The molecule has 0 saturated heterocycles. The Morgan fingerprint density at radius 3 is 2.67 bits per heavy atom. The highest BCUT2D eigenvalue weighted by Gasteiger charge is 2.13. The first-order chi connectivity index (χ1) is 11.6. The molecule has 0 aliphatic heterocycles. The van der Waals surface area contributed by atoms with Crippen LogP contribution in [0.25, 0.3) is 0 Å². The minimum atomic E-state index is -0.605. The fraction of sp³-hybridized carbons (Fsp3) is 0.188. The predicted molar refractivity (Wildman–Crippen MR) is 91.7 cm³/mol. The topological polar surface area (TPSA) is 93.5 Å². The molecule has 2 N–H and O–H groups in total. The van der Waals surface area contributed by atoms with Crippen LogP contribution in [0.5, 0.6) is 5.75 Å². The smallest absolute Gasteiger partial charge is 0.319 e. The van der Waals surface area contributed by atoms with Gasteiger partial charge in [-0.25, -0.2) is 4.79 Å². The van der Waals surface area contributed by atoms with Gasteiger partial charge in [0.05, 0.1) is 11.5 Å². The van der Waals surface area contributed by atoms with Crippen LogP contribution < -0.4 is 15.4 Å². The van der Waals surface area contributed by atoms with E-state index >= 15 is 0 Å². The van der Waals surface area contributed by atoms with Gasteiger partial charge in [-0.1, -0.05) is 29.8 Å². The molecule has 7 nitrogen and oxygen atoms in total. The minimum absolute atomic E-state index is 0.0176. The van der Waals surface area contributed by atoms with Crippen molar-refractivity contribution in [1.29, 1.82) is 0 Å². The van der Waals surface area contributed by atoms with Gasteiger partial charge in [-0.3, -0.25) is 10.1 Å². The summed E-state index contributed by atoms with van der Waals surface area (Å²) in [5.41, 5.74) is 0.0369. The van der Waals surface area contributed by atoms with Gasteiger partial charge in [0, 0.05) is 18.3 Å². The molecule has 0 fully saturated rings. The molecule has 0 saturated carbocycles. The summed E-state index contributed by atoms with van der Waals surface area (Å²) in [7, 11) is 0. The van der Waals surface area contributed by atoms with Crippen LogP contribution in [0.15, 0.2) is 48.5 Å². The molecule has 0 radical (unpaired) electrons. The lowest BCUT2D eigenvalue weighted by Gasteiger charge is -2.09. The third-order valence-electron chi connectivity index (χ3n) is 3.02. The normalized spacial score (nSPS) is 10.0. The van der Waals surface area contributed by atoms with Crippen molar-refractivity contribution in [2.45, 2.75) is 6.42 Å². The number of nitro benzene ring substituents is 1. The van der Waals surface area contributed by atoms with E-state index in [1.54, 1.807) is 0 Å². The second-order valence-electron chi connectivity index (χ2n) is 4.82. The Morgan fingerprint density at radius 1 is 1.21 bits per heavy atom. The third-order valence-corrected chi connectivity index (χ3v) is 3.34. The van der Waals surface area contributed by atoms with Crippen LogP contribution in [0.4, 0.5) is 16.2 Å². The molecular weight excluding hydrogens is 334 g/mol. The van der Waals surface area contributed by atoms with Crippen LogP contribution in [0, 0.1) is 10.1 Å². The molecule has 2 amide bonds. The number of nitrogens with one attached hydrogen (secondary N) is 2. The maximum Gasteiger partial charge on any atom is 0.319 e. The average molecular weight is 350 g/mol. The van der Waals surface area contributed by atoms with E-state index in [0.29, 0.717) is 25.3 Å². The fourth-order valence-corrected chi connectivity index (χ4v) is 2.07. The van der Waals surface area contributed by atoms with Gasteiger partial charge in [0.15, 0.2) is 0 Å². The van der Waals surface area contributed by atoms with E-state index in [1.165, 1.54) is 18.2 Å². The van der Waals surface area contributed by atoms with Crippen LogP contribution in [0.1, 0.15) is 6.42 Å². The van der Waals surface area contributed by atoms with E-state index in [-0.39, 0.29) is 10.7 Å². The predicted octanol–water partition coefficient (Wildman–Crippen LogP) is 3.84. The summed E-state index contributed by atoms with van der Waals surface area (Å²) in [4.78, 5) is 21.9. The number of anilines is 1. The lowest BCUT2D eigenvalue weighted by atomic mass is 10.3. The summed E-state index contributed by atoms with van der Waals surface area (Å²) < 4.78 is 5.50. The Bertz CT molecular complexity index is 710. The second-order valence-corrected chi connectivity index (χ2v) is 5.23. The first-order valence-corrected chi connectivity index (χ1v) is 7.60. The highest BCUT2D eigenvalue weighted by molar-refractivity contribution is 6.32. The molecule has 2 aromatic carbocycles. The quantitative estimate of drug-likeness (QED) is 0.451. The van der Waals surface area contributed by atoms with Gasteiger partial charge in [-0.2, -0.15) is 0 Å². The molecular formula is C16H16ClN3O4. The largest absolute Gasteiger partial charge is 0.494 e. The Balaban J connectivity index is 1.72. The van der Waals surface area contributed by atoms with E-state index in [2.05, 4.69) is 10.6 Å². The highest BCUT2D eigenvalue weighted by atomic mass is 35.5. The summed E-state index contributed by atoms with van der Waals surface area (Å²) >= 11 is 5.71. The first kappa shape index (κ1) is 17.6. The van der Waals surface area contributed by atoms with Crippen LogP contribution in [-0.2, 0) is 0 Å². The molecule has 2 rings (SSSR count). The maximum absolute atomic E-state index is 11.7. The van der Waals surface area contributed by atoms with Crippen molar-refractivity contribution in [3.63, 3.8) is 0 Å². The van der Waals surface area contributed by atoms with Crippen molar-refractivity contribution in [3.8, 4) is 5.75 Å². The number of hydrogen-bond acceptors (Lipinski definition) is 4. The molecule has 0 aliphatic carbocycles. The van der Waals surface area contributed by atoms with Gasteiger partial charge in [0.2, 0.25) is 0 Å². The number of para-hydroxylation sites is 1. The summed E-state index contributed by atoms with van der Waals surface area (Å²) in [6, 6.07) is 13.0. The molecule has 0 bridgehead atoms. The lowest BCUT2D eigenvalue weighted by molar-refractivity contribution is -0.384. The average Bonchev–Trinajstić information content (AvgIpc) is 2.57. The van der Waals surface area contributed by atoms with Gasteiger partial charge < -0.3 is 15.4 Å². The summed E-state index contributed by atoms with van der Waals surface area (Å²) in [6.45, 7) is 0.880. The molecule has 0 atom stereocenters. The van der Waals surface area contributed by atoms with E-state index in [1.807, 2.05) is 30.3 Å². The summed E-state index contributed by atoms with van der Waals surface area (Å²) in [6.07, 6.45) is 0.628. The van der Waals surface area contributed by atoms with Crippen LogP contribution in [-0.4, -0.2) is 24.1 Å². The van der Waals surface area contributed by atoms with E-state index in [9.17, 15) is 14.9 Å². The molecule has 0 spiro atoms. The number of benzene rings is 2. The number of hydrogen-bond donors (Lipinski definition) is 2. The SMILES string of the molecule is O=C(NCCCOc1ccccc1)Nc1ccc(Cl)c([N+](=O)[O-])c1. The fourth-order valence-electron chi connectivity index (χ4n) is 1.89. The van der Waals surface area contributed by atoms with Gasteiger partial charge in [0.25, 0.3) is 5.69 Å². The number of ether oxygens (including phenoxy) is 1. The molecule has 8 heteroatoms. The first-order valence-electron chi connectivity index (χ1n) is 7.23. The number of nitrogens with zero attached hydrogens (tertiary/aromatic N) is 1. The Labute approximate surface area is 143 Å². The van der Waals surface area contributed by atoms with E-state index in [0.717, 1.165) is 5.75 Å². The van der Waals surface area contributed by atoms with E-state index < -0.39 is 11.0 Å². The zero-order chi connectivity index (χ0) is 17.4. The molecule has 0 aromatic heterocycles. The van der Waals surface area contributed by atoms with Crippen molar-refractivity contribution < 1.29 is 14.5 Å². The summed E-state index contributed by atoms with van der Waals surface area (Å²) in [5.74, 6) is 0.774. The Kier molecular flexibility index (Phi) is 6.39. The third kappa shape index (κ3) is 5.44. The number of nitro groups is 1. The van der Waals surface area contributed by atoms with Gasteiger partial charge >= 0.3 is 6.03 Å². The number of carbonyl (C=O) groups excluding carboxylic acids is 1. The van der Waals surface area contributed by atoms with Crippen molar-refractivity contribution in [2.75, 3.05) is 18.5 Å². The van der Waals surface area contributed by atoms with Gasteiger partial charge in [-0.05, 0) is 30.7 Å². The monoisotopic (exact) mass is 349 g/mol.